The summed E-state index contributed by atoms with van der Waals surface area (Å²) in [6.07, 6.45) is 2.43. The van der Waals surface area contributed by atoms with Crippen molar-refractivity contribution in [1.29, 1.82) is 0 Å². The Kier molecular flexibility index (Phi) is 5.12. The van der Waals surface area contributed by atoms with Crippen LogP contribution in [0.4, 0.5) is 0 Å². The van der Waals surface area contributed by atoms with E-state index < -0.39 is 0 Å². The van der Waals surface area contributed by atoms with Gasteiger partial charge in [-0.2, -0.15) is 4.98 Å². The van der Waals surface area contributed by atoms with Crippen molar-refractivity contribution in [3.8, 4) is 0 Å². The van der Waals surface area contributed by atoms with Gasteiger partial charge in [0, 0.05) is 26.4 Å². The predicted octanol–water partition coefficient (Wildman–Crippen LogP) is 2.60. The lowest BCUT2D eigenvalue weighted by Crippen LogP contribution is -2.40. The number of likely N-dealkylation sites (tertiary alicyclic amines) is 1. The van der Waals surface area contributed by atoms with Crippen LogP contribution in [0.1, 0.15) is 35.1 Å². The second-order valence-electron chi connectivity index (χ2n) is 5.45. The quantitative estimate of drug-likeness (QED) is 0.788. The molecule has 1 saturated heterocycles. The van der Waals surface area contributed by atoms with Gasteiger partial charge in [-0.1, -0.05) is 5.16 Å². The molecule has 1 aliphatic heterocycles. The largest absolute Gasteiger partial charge is 0.444 e. The minimum Gasteiger partial charge on any atom is -0.444 e. The van der Waals surface area contributed by atoms with Crippen LogP contribution in [0.3, 0.4) is 0 Å². The molecular formula is C15H18BrN3O4. The summed E-state index contributed by atoms with van der Waals surface area (Å²) in [6.45, 7) is 3.66. The van der Waals surface area contributed by atoms with E-state index in [1.54, 1.807) is 24.0 Å². The first-order chi connectivity index (χ1) is 11.1. The number of hydrogen-bond donors (Lipinski definition) is 0. The molecule has 8 heteroatoms. The van der Waals surface area contributed by atoms with Crippen molar-refractivity contribution in [2.45, 2.75) is 32.3 Å². The maximum Gasteiger partial charge on any atom is 0.289 e. The summed E-state index contributed by atoms with van der Waals surface area (Å²) in [5.41, 5.74) is 0. The zero-order valence-corrected chi connectivity index (χ0v) is 14.4. The highest BCUT2D eigenvalue weighted by Gasteiger charge is 2.25. The molecular weight excluding hydrogens is 366 g/mol. The number of amides is 1. The topological polar surface area (TPSA) is 81.6 Å². The fraction of sp³-hybridized carbons (Fsp3) is 0.533. The molecule has 0 spiro atoms. The number of furan rings is 1. The first kappa shape index (κ1) is 16.2. The fourth-order valence-electron chi connectivity index (χ4n) is 2.57. The van der Waals surface area contributed by atoms with E-state index in [4.69, 9.17) is 13.7 Å². The second kappa shape index (κ2) is 7.27. The van der Waals surface area contributed by atoms with Gasteiger partial charge in [-0.25, -0.2) is 0 Å². The summed E-state index contributed by atoms with van der Waals surface area (Å²) in [5, 5.41) is 3.84. The van der Waals surface area contributed by atoms with Gasteiger partial charge in [0.25, 0.3) is 5.91 Å². The Morgan fingerprint density at radius 3 is 2.83 bits per heavy atom. The molecule has 1 aliphatic rings. The molecule has 0 atom stereocenters. The highest BCUT2D eigenvalue weighted by molar-refractivity contribution is 9.10. The summed E-state index contributed by atoms with van der Waals surface area (Å²) >= 11 is 3.21. The van der Waals surface area contributed by atoms with Crippen LogP contribution < -0.4 is 0 Å². The minimum absolute atomic E-state index is 0.0728. The summed E-state index contributed by atoms with van der Waals surface area (Å²) in [6, 6.07) is 3.41. The molecule has 2 aromatic heterocycles. The lowest BCUT2D eigenvalue weighted by molar-refractivity contribution is 0.00861. The molecule has 0 saturated carbocycles. The van der Waals surface area contributed by atoms with Gasteiger partial charge in [0.15, 0.2) is 16.3 Å². The van der Waals surface area contributed by atoms with E-state index in [9.17, 15) is 4.79 Å². The van der Waals surface area contributed by atoms with Gasteiger partial charge in [-0.05, 0) is 40.9 Å². The van der Waals surface area contributed by atoms with Crippen LogP contribution in [0.2, 0.25) is 0 Å². The number of aryl methyl sites for hydroxylation is 1. The van der Waals surface area contributed by atoms with Crippen molar-refractivity contribution >= 4 is 21.8 Å². The van der Waals surface area contributed by atoms with Crippen molar-refractivity contribution in [2.75, 3.05) is 19.7 Å². The van der Waals surface area contributed by atoms with Crippen LogP contribution in [-0.2, 0) is 11.2 Å². The third-order valence-corrected chi connectivity index (χ3v) is 4.19. The summed E-state index contributed by atoms with van der Waals surface area (Å²) in [4.78, 5) is 18.2. The Morgan fingerprint density at radius 2 is 2.22 bits per heavy atom. The van der Waals surface area contributed by atoms with Gasteiger partial charge in [0.05, 0.1) is 12.7 Å². The number of aromatic nitrogens is 2. The molecule has 0 aliphatic carbocycles. The van der Waals surface area contributed by atoms with Crippen LogP contribution in [-0.4, -0.2) is 46.7 Å². The van der Waals surface area contributed by atoms with E-state index in [0.29, 0.717) is 48.3 Å². The third kappa shape index (κ3) is 4.20. The van der Waals surface area contributed by atoms with E-state index in [-0.39, 0.29) is 12.0 Å². The standard InChI is InChI=1S/C15H18BrN3O4/c1-10-17-14(18-23-10)6-9-21-11-4-7-19(8-5-11)15(20)12-2-3-13(16)22-12/h2-3,11H,4-9H2,1H3. The minimum atomic E-state index is -0.0728. The number of carbonyl (C=O) groups is 1. The zero-order chi connectivity index (χ0) is 16.2. The van der Waals surface area contributed by atoms with Crippen molar-refractivity contribution < 1.29 is 18.5 Å². The lowest BCUT2D eigenvalue weighted by Gasteiger charge is -2.31. The van der Waals surface area contributed by atoms with E-state index in [1.165, 1.54) is 0 Å². The first-order valence-electron chi connectivity index (χ1n) is 7.57. The summed E-state index contributed by atoms with van der Waals surface area (Å²) in [5.74, 6) is 1.52. The molecule has 2 aromatic rings. The molecule has 0 aromatic carbocycles. The second-order valence-corrected chi connectivity index (χ2v) is 6.23. The highest BCUT2D eigenvalue weighted by atomic mass is 79.9. The molecule has 3 heterocycles. The van der Waals surface area contributed by atoms with Gasteiger partial charge in [0.1, 0.15) is 0 Å². The van der Waals surface area contributed by atoms with Gasteiger partial charge < -0.3 is 18.6 Å². The van der Waals surface area contributed by atoms with Crippen LogP contribution >= 0.6 is 15.9 Å². The van der Waals surface area contributed by atoms with E-state index >= 15 is 0 Å². The van der Waals surface area contributed by atoms with Crippen molar-refractivity contribution in [2.24, 2.45) is 0 Å². The number of piperidine rings is 1. The summed E-state index contributed by atoms with van der Waals surface area (Å²) in [7, 11) is 0. The molecule has 0 radical (unpaired) electrons. The maximum atomic E-state index is 12.3. The summed E-state index contributed by atoms with van der Waals surface area (Å²) < 4.78 is 16.6. The first-order valence-corrected chi connectivity index (χ1v) is 8.36. The Bertz CT molecular complexity index is 661. The molecule has 7 nitrogen and oxygen atoms in total. The van der Waals surface area contributed by atoms with Gasteiger partial charge in [0.2, 0.25) is 5.89 Å². The molecule has 23 heavy (non-hydrogen) atoms. The molecule has 1 fully saturated rings. The number of rotatable bonds is 5. The van der Waals surface area contributed by atoms with Crippen molar-refractivity contribution in [3.05, 3.63) is 34.3 Å². The zero-order valence-electron chi connectivity index (χ0n) is 12.8. The lowest BCUT2D eigenvalue weighted by atomic mass is 10.1. The Hall–Kier alpha value is -1.67. The van der Waals surface area contributed by atoms with Gasteiger partial charge in [-0.3, -0.25) is 4.79 Å². The van der Waals surface area contributed by atoms with E-state index in [1.807, 2.05) is 0 Å². The van der Waals surface area contributed by atoms with Crippen LogP contribution in [0.5, 0.6) is 0 Å². The van der Waals surface area contributed by atoms with Gasteiger partial charge in [-0.15, -0.1) is 0 Å². The third-order valence-electron chi connectivity index (χ3n) is 3.76. The van der Waals surface area contributed by atoms with Gasteiger partial charge >= 0.3 is 0 Å². The monoisotopic (exact) mass is 383 g/mol. The van der Waals surface area contributed by atoms with Crippen LogP contribution in [0.15, 0.2) is 25.7 Å². The van der Waals surface area contributed by atoms with Crippen molar-refractivity contribution in [1.82, 2.24) is 15.0 Å². The maximum absolute atomic E-state index is 12.3. The number of nitrogens with zero attached hydrogens (tertiary/aromatic N) is 3. The smallest absolute Gasteiger partial charge is 0.289 e. The fourth-order valence-corrected chi connectivity index (χ4v) is 2.88. The van der Waals surface area contributed by atoms with Crippen LogP contribution in [0.25, 0.3) is 0 Å². The van der Waals surface area contributed by atoms with Crippen LogP contribution in [0, 0.1) is 6.92 Å². The van der Waals surface area contributed by atoms with E-state index in [0.717, 1.165) is 12.8 Å². The Morgan fingerprint density at radius 1 is 1.43 bits per heavy atom. The predicted molar refractivity (Wildman–Crippen MR) is 84.0 cm³/mol. The molecule has 124 valence electrons. The average Bonchev–Trinajstić information content (AvgIpc) is 3.16. The number of carbonyl (C=O) groups excluding carboxylic acids is 1. The number of halogens is 1. The number of ether oxygens (including phenoxy) is 1. The SMILES string of the molecule is Cc1nc(CCOC2CCN(C(=O)c3ccc(Br)o3)CC2)no1. The molecule has 0 N–H and O–H groups in total. The Balaban J connectivity index is 1.40. The molecule has 0 bridgehead atoms. The Labute approximate surface area is 142 Å². The van der Waals surface area contributed by atoms with Crippen molar-refractivity contribution in [3.63, 3.8) is 0 Å². The molecule has 1 amide bonds. The highest BCUT2D eigenvalue weighted by Crippen LogP contribution is 2.19. The average molecular weight is 384 g/mol. The molecule has 0 unspecified atom stereocenters. The van der Waals surface area contributed by atoms with E-state index in [2.05, 4.69) is 26.1 Å². The molecule has 3 rings (SSSR count). The normalized spacial score (nSPS) is 16.0. The number of hydrogen-bond acceptors (Lipinski definition) is 6.